The lowest BCUT2D eigenvalue weighted by molar-refractivity contribution is -0.0409. The van der Waals surface area contributed by atoms with E-state index in [1.165, 1.54) is 6.07 Å². The Bertz CT molecular complexity index is 549. The minimum atomic E-state index is -0.0986. The van der Waals surface area contributed by atoms with Crippen molar-refractivity contribution in [1.29, 1.82) is 0 Å². The molecule has 1 spiro atoms. The van der Waals surface area contributed by atoms with Crippen LogP contribution >= 0.6 is 11.6 Å². The highest BCUT2D eigenvalue weighted by atomic mass is 35.5. The zero-order valence-electron chi connectivity index (χ0n) is 11.6. The Kier molecular flexibility index (Phi) is 3.38. The number of likely N-dealkylation sites (tertiary alicyclic amines) is 2. The number of nitrogens with zero attached hydrogens (tertiary/aromatic N) is 2. The van der Waals surface area contributed by atoms with E-state index in [1.807, 2.05) is 4.90 Å². The Labute approximate surface area is 123 Å². The summed E-state index contributed by atoms with van der Waals surface area (Å²) in [4.78, 5) is 16.8. The molecule has 2 saturated heterocycles. The van der Waals surface area contributed by atoms with Gasteiger partial charge in [0.05, 0.1) is 5.56 Å². The molecule has 1 atom stereocenters. The maximum absolute atomic E-state index is 12.6. The number of hydrogen-bond donors (Lipinski definition) is 1. The van der Waals surface area contributed by atoms with Crippen LogP contribution in [0.1, 0.15) is 29.6 Å². The number of benzene rings is 1. The first-order valence-electron chi connectivity index (χ1n) is 7.01. The van der Waals surface area contributed by atoms with Crippen LogP contribution in [0.25, 0.3) is 0 Å². The highest BCUT2D eigenvalue weighted by molar-refractivity contribution is 6.30. The predicted octanol–water partition coefficient (Wildman–Crippen LogP) is 2.36. The van der Waals surface area contributed by atoms with Crippen molar-refractivity contribution in [3.8, 4) is 5.75 Å². The summed E-state index contributed by atoms with van der Waals surface area (Å²) in [5.74, 6) is -0.136. The van der Waals surface area contributed by atoms with Crippen molar-refractivity contribution in [2.24, 2.45) is 0 Å². The maximum Gasteiger partial charge on any atom is 0.257 e. The molecule has 3 rings (SSSR count). The molecule has 1 aromatic rings. The first kappa shape index (κ1) is 13.7. The van der Waals surface area contributed by atoms with Crippen molar-refractivity contribution in [1.82, 2.24) is 9.80 Å². The zero-order valence-corrected chi connectivity index (χ0v) is 12.4. The fraction of sp³-hybridized carbons (Fsp3) is 0.533. The average Bonchev–Trinajstić information content (AvgIpc) is 2.45. The Hall–Kier alpha value is -1.26. The van der Waals surface area contributed by atoms with E-state index in [9.17, 15) is 9.90 Å². The average molecular weight is 295 g/mol. The third kappa shape index (κ3) is 2.17. The lowest BCUT2D eigenvalue weighted by Crippen LogP contribution is -2.66. The van der Waals surface area contributed by atoms with E-state index in [0.717, 1.165) is 38.9 Å². The van der Waals surface area contributed by atoms with Crippen molar-refractivity contribution >= 4 is 17.5 Å². The van der Waals surface area contributed by atoms with Gasteiger partial charge in [0.25, 0.3) is 5.91 Å². The van der Waals surface area contributed by atoms with Gasteiger partial charge in [-0.3, -0.25) is 9.69 Å². The minimum absolute atomic E-state index is 0.0379. The Morgan fingerprint density at radius 2 is 2.15 bits per heavy atom. The number of aromatic hydroxyl groups is 1. The summed E-state index contributed by atoms with van der Waals surface area (Å²) in [7, 11) is 2.12. The van der Waals surface area contributed by atoms with Gasteiger partial charge >= 0.3 is 0 Å². The summed E-state index contributed by atoms with van der Waals surface area (Å²) < 4.78 is 0. The summed E-state index contributed by atoms with van der Waals surface area (Å²) in [6.45, 7) is 2.62. The van der Waals surface area contributed by atoms with Crippen LogP contribution in [-0.2, 0) is 0 Å². The van der Waals surface area contributed by atoms with Crippen LogP contribution in [0.4, 0.5) is 0 Å². The number of phenols is 1. The highest BCUT2D eigenvalue weighted by Gasteiger charge is 2.46. The summed E-state index contributed by atoms with van der Waals surface area (Å²) in [5, 5.41) is 10.3. The molecule has 2 aliphatic rings. The van der Waals surface area contributed by atoms with Gasteiger partial charge < -0.3 is 10.0 Å². The number of piperidine rings is 1. The molecule has 0 aliphatic carbocycles. The van der Waals surface area contributed by atoms with Crippen LogP contribution in [0, 0.1) is 0 Å². The second-order valence-electron chi connectivity index (χ2n) is 5.89. The van der Waals surface area contributed by atoms with E-state index in [1.54, 1.807) is 12.1 Å². The van der Waals surface area contributed by atoms with Gasteiger partial charge in [-0.1, -0.05) is 11.6 Å². The molecule has 2 fully saturated rings. The first-order chi connectivity index (χ1) is 9.52. The van der Waals surface area contributed by atoms with Gasteiger partial charge in [-0.05, 0) is 44.5 Å². The molecule has 2 heterocycles. The number of hydrogen-bond acceptors (Lipinski definition) is 3. The fourth-order valence-electron chi connectivity index (χ4n) is 3.31. The van der Waals surface area contributed by atoms with Gasteiger partial charge in [0.2, 0.25) is 0 Å². The molecule has 0 saturated carbocycles. The van der Waals surface area contributed by atoms with Gasteiger partial charge in [0.15, 0.2) is 0 Å². The van der Waals surface area contributed by atoms with Crippen molar-refractivity contribution in [2.45, 2.75) is 24.8 Å². The Morgan fingerprint density at radius 1 is 1.35 bits per heavy atom. The molecule has 1 aromatic carbocycles. The SMILES string of the molecule is CN1CC[C@]12CCCN(C(=O)c1ccc(Cl)cc1O)C2. The molecular formula is C15H19ClN2O2. The van der Waals surface area contributed by atoms with E-state index in [4.69, 9.17) is 11.6 Å². The Morgan fingerprint density at radius 3 is 2.75 bits per heavy atom. The number of halogens is 1. The number of amides is 1. The molecule has 0 aromatic heterocycles. The molecule has 1 N–H and O–H groups in total. The lowest BCUT2D eigenvalue weighted by atomic mass is 9.78. The maximum atomic E-state index is 12.6. The molecular weight excluding hydrogens is 276 g/mol. The lowest BCUT2D eigenvalue weighted by Gasteiger charge is -2.55. The second kappa shape index (κ2) is 4.93. The number of likely N-dealkylation sites (N-methyl/N-ethyl adjacent to an activating group) is 1. The molecule has 2 aliphatic heterocycles. The fourth-order valence-corrected chi connectivity index (χ4v) is 3.48. The van der Waals surface area contributed by atoms with Crippen LogP contribution in [-0.4, -0.2) is 53.0 Å². The van der Waals surface area contributed by atoms with E-state index in [2.05, 4.69) is 11.9 Å². The number of carbonyl (C=O) groups excluding carboxylic acids is 1. The number of phenolic OH excluding ortho intramolecular Hbond substituents is 1. The van der Waals surface area contributed by atoms with Crippen molar-refractivity contribution in [3.63, 3.8) is 0 Å². The van der Waals surface area contributed by atoms with E-state index in [-0.39, 0.29) is 17.2 Å². The predicted molar refractivity (Wildman–Crippen MR) is 78.2 cm³/mol. The van der Waals surface area contributed by atoms with E-state index < -0.39 is 0 Å². The Balaban J connectivity index is 1.80. The number of rotatable bonds is 1. The van der Waals surface area contributed by atoms with Crippen LogP contribution < -0.4 is 0 Å². The van der Waals surface area contributed by atoms with E-state index in [0.29, 0.717) is 10.6 Å². The van der Waals surface area contributed by atoms with Crippen molar-refractivity contribution in [2.75, 3.05) is 26.7 Å². The van der Waals surface area contributed by atoms with Gasteiger partial charge in [-0.15, -0.1) is 0 Å². The molecule has 20 heavy (non-hydrogen) atoms. The van der Waals surface area contributed by atoms with Crippen LogP contribution in [0.5, 0.6) is 5.75 Å². The summed E-state index contributed by atoms with van der Waals surface area (Å²) in [6.07, 6.45) is 3.32. The largest absolute Gasteiger partial charge is 0.507 e. The minimum Gasteiger partial charge on any atom is -0.507 e. The van der Waals surface area contributed by atoms with Crippen molar-refractivity contribution in [3.05, 3.63) is 28.8 Å². The molecule has 0 unspecified atom stereocenters. The molecule has 5 heteroatoms. The van der Waals surface area contributed by atoms with Crippen LogP contribution in [0.2, 0.25) is 5.02 Å². The van der Waals surface area contributed by atoms with Gasteiger partial charge in [-0.2, -0.15) is 0 Å². The monoisotopic (exact) mass is 294 g/mol. The molecule has 1 amide bonds. The third-order valence-electron chi connectivity index (χ3n) is 4.76. The van der Waals surface area contributed by atoms with Gasteiger partial charge in [0, 0.05) is 30.2 Å². The second-order valence-corrected chi connectivity index (χ2v) is 6.32. The molecule has 4 nitrogen and oxygen atoms in total. The topological polar surface area (TPSA) is 43.8 Å². The molecule has 0 radical (unpaired) electrons. The van der Waals surface area contributed by atoms with E-state index >= 15 is 0 Å². The number of carbonyl (C=O) groups is 1. The van der Waals surface area contributed by atoms with Gasteiger partial charge in [0.1, 0.15) is 5.75 Å². The smallest absolute Gasteiger partial charge is 0.257 e. The standard InChI is InChI=1S/C15H19ClN2O2/c1-17-8-6-15(17)5-2-7-18(10-15)14(20)12-4-3-11(16)9-13(12)19/h3-4,9,19H,2,5-8,10H2,1H3/t15-/m0/s1. The normalized spacial score (nSPS) is 26.6. The molecule has 108 valence electrons. The molecule has 0 bridgehead atoms. The van der Waals surface area contributed by atoms with Gasteiger partial charge in [-0.25, -0.2) is 0 Å². The highest BCUT2D eigenvalue weighted by Crippen LogP contribution is 2.38. The van der Waals surface area contributed by atoms with Crippen LogP contribution in [0.3, 0.4) is 0 Å². The van der Waals surface area contributed by atoms with Crippen LogP contribution in [0.15, 0.2) is 18.2 Å². The first-order valence-corrected chi connectivity index (χ1v) is 7.39. The third-order valence-corrected chi connectivity index (χ3v) is 4.99. The zero-order chi connectivity index (χ0) is 14.3. The van der Waals surface area contributed by atoms with Crippen molar-refractivity contribution < 1.29 is 9.90 Å². The summed E-state index contributed by atoms with van der Waals surface area (Å²) in [6, 6.07) is 4.67. The quantitative estimate of drug-likeness (QED) is 0.865. The summed E-state index contributed by atoms with van der Waals surface area (Å²) >= 11 is 5.81. The summed E-state index contributed by atoms with van der Waals surface area (Å²) in [5.41, 5.74) is 0.504.